The summed E-state index contributed by atoms with van der Waals surface area (Å²) >= 11 is 0. The van der Waals surface area contributed by atoms with Crippen molar-refractivity contribution < 1.29 is 23.2 Å². The van der Waals surface area contributed by atoms with Crippen LogP contribution >= 0.6 is 0 Å². The second-order valence-electron chi connectivity index (χ2n) is 5.59. The molecule has 8 nitrogen and oxygen atoms in total. The van der Waals surface area contributed by atoms with E-state index in [4.69, 9.17) is 5.11 Å². The number of para-hydroxylation sites is 1. The summed E-state index contributed by atoms with van der Waals surface area (Å²) in [5.41, 5.74) is -1.28. The van der Waals surface area contributed by atoms with E-state index >= 15 is 0 Å². The number of rotatable bonds is 5. The number of nitro groups is 1. The molecule has 22 heavy (non-hydrogen) atoms. The van der Waals surface area contributed by atoms with Gasteiger partial charge in [0.05, 0.1) is 16.1 Å². The molecule has 1 unspecified atom stereocenters. The summed E-state index contributed by atoms with van der Waals surface area (Å²) in [4.78, 5) is 21.5. The fourth-order valence-electron chi connectivity index (χ4n) is 2.43. The van der Waals surface area contributed by atoms with Gasteiger partial charge < -0.3 is 5.11 Å². The summed E-state index contributed by atoms with van der Waals surface area (Å²) in [5.74, 6) is -1.56. The predicted molar refractivity (Wildman–Crippen MR) is 77.7 cm³/mol. The fraction of sp³-hybridized carbons (Fsp3) is 0.462. The van der Waals surface area contributed by atoms with Crippen molar-refractivity contribution in [1.29, 1.82) is 0 Å². The van der Waals surface area contributed by atoms with Crippen LogP contribution in [-0.2, 0) is 20.6 Å². The van der Waals surface area contributed by atoms with Crippen LogP contribution < -0.4 is 0 Å². The van der Waals surface area contributed by atoms with Crippen LogP contribution in [0.25, 0.3) is 0 Å². The van der Waals surface area contributed by atoms with Crippen molar-refractivity contribution in [1.82, 2.24) is 4.31 Å². The van der Waals surface area contributed by atoms with Crippen molar-refractivity contribution in [2.45, 2.75) is 19.1 Å². The van der Waals surface area contributed by atoms with E-state index in [1.807, 2.05) is 0 Å². The van der Waals surface area contributed by atoms with E-state index in [1.165, 1.54) is 31.2 Å². The van der Waals surface area contributed by atoms with Gasteiger partial charge in [-0.15, -0.1) is 0 Å². The Morgan fingerprint density at radius 1 is 1.45 bits per heavy atom. The van der Waals surface area contributed by atoms with E-state index in [2.05, 4.69) is 0 Å². The lowest BCUT2D eigenvalue weighted by Gasteiger charge is -2.20. The lowest BCUT2D eigenvalue weighted by atomic mass is 9.90. The second-order valence-corrected chi connectivity index (χ2v) is 7.56. The van der Waals surface area contributed by atoms with Gasteiger partial charge >= 0.3 is 5.97 Å². The lowest BCUT2D eigenvalue weighted by Crippen LogP contribution is -2.35. The minimum absolute atomic E-state index is 0.0939. The zero-order chi connectivity index (χ0) is 16.5. The number of sulfonamides is 1. The minimum Gasteiger partial charge on any atom is -0.481 e. The van der Waals surface area contributed by atoms with Crippen LogP contribution in [0.15, 0.2) is 24.3 Å². The molecule has 1 saturated heterocycles. The van der Waals surface area contributed by atoms with E-state index in [1.54, 1.807) is 0 Å². The Morgan fingerprint density at radius 3 is 2.64 bits per heavy atom. The SMILES string of the molecule is CC1(C(=O)O)CCN(S(=O)(=O)Cc2ccccc2[N+](=O)[O-])C1. The van der Waals surface area contributed by atoms with Crippen molar-refractivity contribution in [3.63, 3.8) is 0 Å². The van der Waals surface area contributed by atoms with Crippen molar-refractivity contribution in [3.05, 3.63) is 39.9 Å². The highest BCUT2D eigenvalue weighted by atomic mass is 32.2. The maximum atomic E-state index is 12.4. The fourth-order valence-corrected chi connectivity index (χ4v) is 4.10. The molecule has 0 aliphatic carbocycles. The zero-order valence-electron chi connectivity index (χ0n) is 11.9. The average molecular weight is 328 g/mol. The van der Waals surface area contributed by atoms with Crippen molar-refractivity contribution in [3.8, 4) is 0 Å². The quantitative estimate of drug-likeness (QED) is 0.641. The van der Waals surface area contributed by atoms with Crippen molar-refractivity contribution >= 4 is 21.7 Å². The molecule has 1 heterocycles. The van der Waals surface area contributed by atoms with Gasteiger partial charge in [0.15, 0.2) is 0 Å². The van der Waals surface area contributed by atoms with Crippen molar-refractivity contribution in [2.75, 3.05) is 13.1 Å². The molecule has 0 bridgehead atoms. The highest BCUT2D eigenvalue weighted by molar-refractivity contribution is 7.88. The van der Waals surface area contributed by atoms with Gasteiger partial charge in [0.2, 0.25) is 10.0 Å². The molecule has 0 spiro atoms. The number of hydrogen-bond donors (Lipinski definition) is 1. The smallest absolute Gasteiger partial charge is 0.310 e. The van der Waals surface area contributed by atoms with E-state index in [-0.39, 0.29) is 30.8 Å². The van der Waals surface area contributed by atoms with Crippen LogP contribution in [0.5, 0.6) is 0 Å². The van der Waals surface area contributed by atoms with Gasteiger partial charge in [-0.3, -0.25) is 14.9 Å². The summed E-state index contributed by atoms with van der Waals surface area (Å²) in [6.07, 6.45) is 0.221. The van der Waals surface area contributed by atoms with Gasteiger partial charge in [-0.25, -0.2) is 12.7 Å². The van der Waals surface area contributed by atoms with Crippen LogP contribution in [0, 0.1) is 15.5 Å². The number of hydrogen-bond acceptors (Lipinski definition) is 5. The first-order valence-corrected chi connectivity index (χ1v) is 8.20. The van der Waals surface area contributed by atoms with E-state index < -0.39 is 32.1 Å². The molecule has 0 radical (unpaired) electrons. The summed E-state index contributed by atoms with van der Waals surface area (Å²) in [7, 11) is -3.81. The third-order valence-corrected chi connectivity index (χ3v) is 5.65. The number of nitrogens with zero attached hydrogens (tertiary/aromatic N) is 2. The molecule has 0 amide bonds. The summed E-state index contributed by atoms with van der Waals surface area (Å²) in [5, 5.41) is 20.1. The largest absolute Gasteiger partial charge is 0.481 e. The molecule has 1 N–H and O–H groups in total. The van der Waals surface area contributed by atoms with Gasteiger partial charge in [-0.1, -0.05) is 18.2 Å². The number of carbonyl (C=O) groups is 1. The van der Waals surface area contributed by atoms with Crippen LogP contribution in [-0.4, -0.2) is 41.8 Å². The number of carboxylic acid groups (broad SMARTS) is 1. The molecule has 9 heteroatoms. The third kappa shape index (κ3) is 3.09. The maximum absolute atomic E-state index is 12.4. The van der Waals surface area contributed by atoms with E-state index in [9.17, 15) is 23.3 Å². The lowest BCUT2D eigenvalue weighted by molar-refractivity contribution is -0.385. The molecule has 1 fully saturated rings. The monoisotopic (exact) mass is 328 g/mol. The van der Waals surface area contributed by atoms with Gasteiger partial charge in [0.1, 0.15) is 0 Å². The molecule has 1 aliphatic rings. The Kier molecular flexibility index (Phi) is 4.21. The maximum Gasteiger partial charge on any atom is 0.310 e. The standard InChI is InChI=1S/C13H16N2O6S/c1-13(12(16)17)6-7-14(9-13)22(20,21)8-10-4-2-3-5-11(10)15(18)19/h2-5H,6-9H2,1H3,(H,16,17). The molecule has 1 aliphatic heterocycles. The number of nitro benzene ring substituents is 1. The Balaban J connectivity index is 2.24. The molecule has 1 aromatic rings. The van der Waals surface area contributed by atoms with Gasteiger partial charge in [-0.05, 0) is 13.3 Å². The van der Waals surface area contributed by atoms with Gasteiger partial charge in [0, 0.05) is 24.7 Å². The first-order chi connectivity index (χ1) is 10.2. The van der Waals surface area contributed by atoms with Gasteiger partial charge in [0.25, 0.3) is 5.69 Å². The second kappa shape index (κ2) is 5.65. The minimum atomic E-state index is -3.81. The van der Waals surface area contributed by atoms with E-state index in [0.29, 0.717) is 0 Å². The van der Waals surface area contributed by atoms with Gasteiger partial charge in [-0.2, -0.15) is 0 Å². The molecule has 0 saturated carbocycles. The zero-order valence-corrected chi connectivity index (χ0v) is 12.7. The molecule has 120 valence electrons. The summed E-state index contributed by atoms with van der Waals surface area (Å²) in [6.45, 7) is 1.48. The Morgan fingerprint density at radius 2 is 2.09 bits per heavy atom. The molecule has 1 aromatic carbocycles. The highest BCUT2D eigenvalue weighted by Crippen LogP contribution is 2.33. The summed E-state index contributed by atoms with van der Waals surface area (Å²) < 4.78 is 25.9. The van der Waals surface area contributed by atoms with Crippen molar-refractivity contribution in [2.24, 2.45) is 5.41 Å². The Bertz CT molecular complexity index is 717. The first-order valence-electron chi connectivity index (χ1n) is 6.59. The Hall–Kier alpha value is -2.00. The normalized spacial score (nSPS) is 22.6. The molecule has 0 aromatic heterocycles. The molecular weight excluding hydrogens is 312 g/mol. The topological polar surface area (TPSA) is 118 Å². The van der Waals surface area contributed by atoms with Crippen LogP contribution in [0.3, 0.4) is 0 Å². The highest BCUT2D eigenvalue weighted by Gasteiger charge is 2.44. The number of aliphatic carboxylic acids is 1. The van der Waals surface area contributed by atoms with Crippen LogP contribution in [0.4, 0.5) is 5.69 Å². The first kappa shape index (κ1) is 16.4. The number of carboxylic acids is 1. The molecule has 2 rings (SSSR count). The average Bonchev–Trinajstić information content (AvgIpc) is 2.84. The summed E-state index contributed by atoms with van der Waals surface area (Å²) in [6, 6.07) is 5.63. The van der Waals surface area contributed by atoms with Crippen LogP contribution in [0.2, 0.25) is 0 Å². The van der Waals surface area contributed by atoms with Crippen LogP contribution in [0.1, 0.15) is 18.9 Å². The molecular formula is C13H16N2O6S. The Labute approximate surface area is 127 Å². The number of benzene rings is 1. The molecule has 1 atom stereocenters. The third-order valence-electron chi connectivity index (χ3n) is 3.87. The predicted octanol–water partition coefficient (Wildman–Crippen LogP) is 1.22. The van der Waals surface area contributed by atoms with E-state index in [0.717, 1.165) is 4.31 Å².